The number of unbranched alkanes of at least 4 members (excludes halogenated alkanes) is 1. The Morgan fingerprint density at radius 2 is 1.74 bits per heavy atom. The van der Waals surface area contributed by atoms with Gasteiger partial charge < -0.3 is 4.57 Å². The van der Waals surface area contributed by atoms with E-state index in [2.05, 4.69) is 70.2 Å². The lowest BCUT2D eigenvalue weighted by molar-refractivity contribution is 0.650. The molecule has 2 nitrogen and oxygen atoms in total. The second kappa shape index (κ2) is 8.39. The van der Waals surface area contributed by atoms with Gasteiger partial charge in [-0.3, -0.25) is 0 Å². The van der Waals surface area contributed by atoms with Gasteiger partial charge >= 0.3 is 0 Å². The van der Waals surface area contributed by atoms with Gasteiger partial charge in [-0.15, -0.1) is 0 Å². The van der Waals surface area contributed by atoms with Crippen molar-refractivity contribution in [2.45, 2.75) is 29.2 Å². The van der Waals surface area contributed by atoms with Crippen LogP contribution in [0.15, 0.2) is 89.2 Å². The van der Waals surface area contributed by atoms with Gasteiger partial charge in [0.2, 0.25) is 0 Å². The molecular formula is C20H20N2S. The fourth-order valence-corrected chi connectivity index (χ4v) is 3.14. The van der Waals surface area contributed by atoms with Crippen molar-refractivity contribution in [3.8, 4) is 0 Å². The van der Waals surface area contributed by atoms with Crippen LogP contribution in [0.2, 0.25) is 0 Å². The predicted octanol–water partition coefficient (Wildman–Crippen LogP) is 5.53. The minimum Gasteiger partial charge on any atom is -0.337 e. The molecule has 3 heteroatoms. The molecule has 3 rings (SSSR count). The van der Waals surface area contributed by atoms with Gasteiger partial charge in [0.15, 0.2) is 0 Å². The highest BCUT2D eigenvalue weighted by molar-refractivity contribution is 7.99. The Morgan fingerprint density at radius 1 is 0.957 bits per heavy atom. The SMILES string of the molecule is C(=Cc1ccc(Sc2ccccc2)cc1)CCCn1ccnc1. The molecule has 0 fully saturated rings. The molecule has 0 aliphatic carbocycles. The maximum Gasteiger partial charge on any atom is 0.0945 e. The summed E-state index contributed by atoms with van der Waals surface area (Å²) < 4.78 is 2.11. The topological polar surface area (TPSA) is 17.8 Å². The van der Waals surface area contributed by atoms with Gasteiger partial charge in [-0.05, 0) is 42.7 Å². The maximum atomic E-state index is 4.05. The summed E-state index contributed by atoms with van der Waals surface area (Å²) in [6.07, 6.45) is 12.4. The second-order valence-corrected chi connectivity index (χ2v) is 6.48. The van der Waals surface area contributed by atoms with Gasteiger partial charge in [0.1, 0.15) is 0 Å². The summed E-state index contributed by atoms with van der Waals surface area (Å²) in [6.45, 7) is 1.02. The number of aryl methyl sites for hydroxylation is 1. The van der Waals surface area contributed by atoms with Crippen molar-refractivity contribution in [2.75, 3.05) is 0 Å². The fourth-order valence-electron chi connectivity index (χ4n) is 2.30. The highest BCUT2D eigenvalue weighted by Gasteiger charge is 1.96. The lowest BCUT2D eigenvalue weighted by atomic mass is 10.2. The van der Waals surface area contributed by atoms with Crippen molar-refractivity contribution in [2.24, 2.45) is 0 Å². The first-order valence-corrected chi connectivity index (χ1v) is 8.67. The monoisotopic (exact) mass is 320 g/mol. The van der Waals surface area contributed by atoms with Crippen molar-refractivity contribution in [3.63, 3.8) is 0 Å². The molecule has 1 heterocycles. The maximum absolute atomic E-state index is 4.05. The first kappa shape index (κ1) is 15.6. The molecule has 0 unspecified atom stereocenters. The van der Waals surface area contributed by atoms with E-state index < -0.39 is 0 Å². The molecule has 0 saturated heterocycles. The molecule has 3 aromatic rings. The summed E-state index contributed by atoms with van der Waals surface area (Å²) in [7, 11) is 0. The molecule has 1 aromatic heterocycles. The zero-order chi connectivity index (χ0) is 15.7. The number of benzene rings is 2. The average Bonchev–Trinajstić information content (AvgIpc) is 3.10. The first-order valence-electron chi connectivity index (χ1n) is 7.85. The summed E-state index contributed by atoms with van der Waals surface area (Å²) >= 11 is 1.79. The van der Waals surface area contributed by atoms with Gasteiger partial charge in [-0.25, -0.2) is 4.98 Å². The third-order valence-electron chi connectivity index (χ3n) is 3.52. The summed E-state index contributed by atoms with van der Waals surface area (Å²) in [6, 6.07) is 19.2. The second-order valence-electron chi connectivity index (χ2n) is 5.33. The number of aromatic nitrogens is 2. The van der Waals surface area contributed by atoms with E-state index in [0.29, 0.717) is 0 Å². The summed E-state index contributed by atoms with van der Waals surface area (Å²) in [5, 5.41) is 0. The fraction of sp³-hybridized carbons (Fsp3) is 0.150. The van der Waals surface area contributed by atoms with Crippen molar-refractivity contribution in [1.29, 1.82) is 0 Å². The highest BCUT2D eigenvalue weighted by atomic mass is 32.2. The molecule has 0 N–H and O–H groups in total. The number of allylic oxidation sites excluding steroid dienone is 1. The number of imidazole rings is 1. The normalized spacial score (nSPS) is 11.1. The first-order chi connectivity index (χ1) is 11.4. The van der Waals surface area contributed by atoms with Crippen LogP contribution in [0.3, 0.4) is 0 Å². The molecular weight excluding hydrogens is 300 g/mol. The molecule has 0 aliphatic rings. The molecule has 2 aromatic carbocycles. The minimum absolute atomic E-state index is 1.02. The largest absolute Gasteiger partial charge is 0.337 e. The molecule has 0 aliphatic heterocycles. The number of hydrogen-bond donors (Lipinski definition) is 0. The van der Waals surface area contributed by atoms with Gasteiger partial charge in [-0.2, -0.15) is 0 Å². The van der Waals surface area contributed by atoms with E-state index in [1.165, 1.54) is 15.4 Å². The smallest absolute Gasteiger partial charge is 0.0945 e. The van der Waals surface area contributed by atoms with E-state index in [9.17, 15) is 0 Å². The Labute approximate surface area is 141 Å². The lowest BCUT2D eigenvalue weighted by Crippen LogP contribution is -1.92. The molecule has 0 atom stereocenters. The van der Waals surface area contributed by atoms with Crippen LogP contribution < -0.4 is 0 Å². The summed E-state index contributed by atoms with van der Waals surface area (Å²) in [5.41, 5.74) is 1.25. The predicted molar refractivity (Wildman–Crippen MR) is 97.5 cm³/mol. The van der Waals surface area contributed by atoms with Crippen molar-refractivity contribution in [3.05, 3.63) is 85.0 Å². The van der Waals surface area contributed by atoms with E-state index in [1.54, 1.807) is 11.8 Å². The molecule has 0 bridgehead atoms. The standard InChI is InChI=1S/C20H20N2S/c1-4-8-19(9-5-1)23-20-12-10-18(11-13-20)7-3-2-6-15-22-16-14-21-17-22/h1,3-5,7-14,16-17H,2,6,15H2. The molecule has 0 amide bonds. The molecule has 23 heavy (non-hydrogen) atoms. The van der Waals surface area contributed by atoms with Crippen LogP contribution in [0, 0.1) is 0 Å². The Bertz CT molecular complexity index is 716. The van der Waals surface area contributed by atoms with Gasteiger partial charge in [0, 0.05) is 28.7 Å². The Balaban J connectivity index is 1.46. The number of rotatable bonds is 7. The third-order valence-corrected chi connectivity index (χ3v) is 4.53. The highest BCUT2D eigenvalue weighted by Crippen LogP contribution is 2.27. The molecule has 0 saturated carbocycles. The number of nitrogens with zero attached hydrogens (tertiary/aromatic N) is 2. The lowest BCUT2D eigenvalue weighted by Gasteiger charge is -2.02. The van der Waals surface area contributed by atoms with E-state index in [1.807, 2.05) is 24.8 Å². The zero-order valence-electron chi connectivity index (χ0n) is 13.0. The van der Waals surface area contributed by atoms with Crippen LogP contribution in [-0.2, 0) is 6.54 Å². The van der Waals surface area contributed by atoms with E-state index >= 15 is 0 Å². The van der Waals surface area contributed by atoms with Gasteiger partial charge in [-0.1, -0.05) is 54.2 Å². The minimum atomic E-state index is 1.02. The van der Waals surface area contributed by atoms with Crippen molar-refractivity contribution >= 4 is 17.8 Å². The Hall–Kier alpha value is -2.26. The van der Waals surface area contributed by atoms with E-state index in [0.717, 1.165) is 19.4 Å². The summed E-state index contributed by atoms with van der Waals surface area (Å²) in [4.78, 5) is 6.59. The van der Waals surface area contributed by atoms with Crippen molar-refractivity contribution < 1.29 is 0 Å². The summed E-state index contributed by atoms with van der Waals surface area (Å²) in [5.74, 6) is 0. The van der Waals surface area contributed by atoms with Crippen LogP contribution in [0.4, 0.5) is 0 Å². The van der Waals surface area contributed by atoms with Crippen LogP contribution in [0.1, 0.15) is 18.4 Å². The van der Waals surface area contributed by atoms with Crippen LogP contribution in [-0.4, -0.2) is 9.55 Å². The van der Waals surface area contributed by atoms with E-state index in [4.69, 9.17) is 0 Å². The van der Waals surface area contributed by atoms with Gasteiger partial charge in [0.25, 0.3) is 0 Å². The molecule has 0 radical (unpaired) electrons. The van der Waals surface area contributed by atoms with Gasteiger partial charge in [0.05, 0.1) is 6.33 Å². The average molecular weight is 320 g/mol. The van der Waals surface area contributed by atoms with E-state index in [-0.39, 0.29) is 0 Å². The Morgan fingerprint density at radius 3 is 2.48 bits per heavy atom. The third kappa shape index (κ3) is 5.15. The quantitative estimate of drug-likeness (QED) is 0.533. The van der Waals surface area contributed by atoms with Crippen LogP contribution >= 0.6 is 11.8 Å². The Kier molecular flexibility index (Phi) is 5.70. The zero-order valence-corrected chi connectivity index (χ0v) is 13.8. The molecule has 116 valence electrons. The molecule has 0 spiro atoms. The van der Waals surface area contributed by atoms with Crippen LogP contribution in [0.25, 0.3) is 6.08 Å². The van der Waals surface area contributed by atoms with Crippen LogP contribution in [0.5, 0.6) is 0 Å². The number of hydrogen-bond acceptors (Lipinski definition) is 2. The van der Waals surface area contributed by atoms with Crippen molar-refractivity contribution in [1.82, 2.24) is 9.55 Å².